The first kappa shape index (κ1) is 17.1. The molecule has 0 atom stereocenters. The number of hydrogen-bond acceptors (Lipinski definition) is 2. The minimum Gasteiger partial charge on any atom is -0.323 e. The second-order valence-electron chi connectivity index (χ2n) is 4.86. The maximum Gasteiger partial charge on any atom is 0.416 e. The van der Waals surface area contributed by atoms with Gasteiger partial charge in [-0.2, -0.15) is 13.2 Å². The first-order chi connectivity index (χ1) is 10.7. The fourth-order valence-corrected chi connectivity index (χ4v) is 2.09. The SMILES string of the molecule is Cc1cccn(CC(=O)Nc2cc(C(F)(F)F)ccc2Cl)c1=O. The van der Waals surface area contributed by atoms with Gasteiger partial charge in [-0.15, -0.1) is 0 Å². The molecule has 8 heteroatoms. The summed E-state index contributed by atoms with van der Waals surface area (Å²) in [5, 5.41) is 2.26. The Morgan fingerprint density at radius 1 is 1.30 bits per heavy atom. The van der Waals surface area contributed by atoms with E-state index in [2.05, 4.69) is 5.32 Å². The van der Waals surface area contributed by atoms with Gasteiger partial charge in [0.05, 0.1) is 16.3 Å². The van der Waals surface area contributed by atoms with Crippen LogP contribution in [0.1, 0.15) is 11.1 Å². The number of carbonyl (C=O) groups excluding carboxylic acids is 1. The third-order valence-electron chi connectivity index (χ3n) is 3.09. The van der Waals surface area contributed by atoms with Gasteiger partial charge >= 0.3 is 6.18 Å². The van der Waals surface area contributed by atoms with Crippen LogP contribution in [0.25, 0.3) is 0 Å². The summed E-state index contributed by atoms with van der Waals surface area (Å²) >= 11 is 5.80. The fraction of sp³-hybridized carbons (Fsp3) is 0.200. The molecule has 0 unspecified atom stereocenters. The Balaban J connectivity index is 2.20. The molecule has 23 heavy (non-hydrogen) atoms. The zero-order valence-corrected chi connectivity index (χ0v) is 12.7. The highest BCUT2D eigenvalue weighted by atomic mass is 35.5. The zero-order chi connectivity index (χ0) is 17.2. The van der Waals surface area contributed by atoms with Crippen molar-refractivity contribution in [2.45, 2.75) is 19.6 Å². The number of carbonyl (C=O) groups is 1. The number of halogens is 4. The first-order valence-corrected chi connectivity index (χ1v) is 6.89. The lowest BCUT2D eigenvalue weighted by Gasteiger charge is -2.12. The van der Waals surface area contributed by atoms with Crippen LogP contribution in [0, 0.1) is 6.92 Å². The normalized spacial score (nSPS) is 11.3. The second-order valence-corrected chi connectivity index (χ2v) is 5.27. The maximum absolute atomic E-state index is 12.7. The number of nitrogens with zero attached hydrogens (tertiary/aromatic N) is 1. The molecule has 1 heterocycles. The van der Waals surface area contributed by atoms with Crippen LogP contribution in [0.2, 0.25) is 5.02 Å². The summed E-state index contributed by atoms with van der Waals surface area (Å²) < 4.78 is 39.2. The molecule has 0 spiro atoms. The van der Waals surface area contributed by atoms with Crippen LogP contribution in [0.15, 0.2) is 41.3 Å². The maximum atomic E-state index is 12.7. The number of rotatable bonds is 3. The van der Waals surface area contributed by atoms with Crippen molar-refractivity contribution in [3.63, 3.8) is 0 Å². The molecule has 1 aromatic heterocycles. The van der Waals surface area contributed by atoms with Crippen molar-refractivity contribution in [3.05, 3.63) is 63.0 Å². The minimum absolute atomic E-state index is 0.0251. The number of nitrogens with one attached hydrogen (secondary N) is 1. The summed E-state index contributed by atoms with van der Waals surface area (Å²) in [6.45, 7) is 1.27. The number of benzene rings is 1. The van der Waals surface area contributed by atoms with E-state index in [0.717, 1.165) is 22.8 Å². The monoisotopic (exact) mass is 344 g/mol. The number of amides is 1. The molecule has 1 aromatic carbocycles. The third-order valence-corrected chi connectivity index (χ3v) is 3.42. The van der Waals surface area contributed by atoms with E-state index in [1.54, 1.807) is 19.1 Å². The zero-order valence-electron chi connectivity index (χ0n) is 11.9. The van der Waals surface area contributed by atoms with Crippen LogP contribution in [0.4, 0.5) is 18.9 Å². The average molecular weight is 345 g/mol. The van der Waals surface area contributed by atoms with E-state index >= 15 is 0 Å². The van der Waals surface area contributed by atoms with E-state index in [9.17, 15) is 22.8 Å². The lowest BCUT2D eigenvalue weighted by atomic mass is 10.2. The number of alkyl halides is 3. The van der Waals surface area contributed by atoms with Gasteiger partial charge in [-0.25, -0.2) is 0 Å². The van der Waals surface area contributed by atoms with Gasteiger partial charge in [0.1, 0.15) is 6.54 Å². The quantitative estimate of drug-likeness (QED) is 0.927. The fourth-order valence-electron chi connectivity index (χ4n) is 1.92. The Morgan fingerprint density at radius 2 is 2.00 bits per heavy atom. The Hall–Kier alpha value is -2.28. The molecular formula is C15H12ClF3N2O2. The van der Waals surface area contributed by atoms with Crippen LogP contribution in [-0.2, 0) is 17.5 Å². The Morgan fingerprint density at radius 3 is 2.65 bits per heavy atom. The molecular weight excluding hydrogens is 333 g/mol. The molecule has 0 bridgehead atoms. The summed E-state index contributed by atoms with van der Waals surface area (Å²) in [5.41, 5.74) is -0.979. The predicted molar refractivity (Wildman–Crippen MR) is 80.5 cm³/mol. The van der Waals surface area contributed by atoms with Crippen molar-refractivity contribution in [2.24, 2.45) is 0 Å². The molecule has 2 aromatic rings. The van der Waals surface area contributed by atoms with E-state index in [1.165, 1.54) is 6.20 Å². The molecule has 0 radical (unpaired) electrons. The topological polar surface area (TPSA) is 51.1 Å². The molecule has 0 fully saturated rings. The van der Waals surface area contributed by atoms with E-state index in [-0.39, 0.29) is 22.8 Å². The van der Waals surface area contributed by atoms with Gasteiger partial charge in [-0.1, -0.05) is 17.7 Å². The summed E-state index contributed by atoms with van der Waals surface area (Å²) in [4.78, 5) is 23.8. The highest BCUT2D eigenvalue weighted by molar-refractivity contribution is 6.33. The lowest BCUT2D eigenvalue weighted by Crippen LogP contribution is -2.28. The minimum atomic E-state index is -4.54. The lowest BCUT2D eigenvalue weighted by molar-refractivity contribution is -0.137. The van der Waals surface area contributed by atoms with E-state index in [0.29, 0.717) is 5.56 Å². The van der Waals surface area contributed by atoms with Crippen molar-refractivity contribution in [3.8, 4) is 0 Å². The van der Waals surface area contributed by atoms with Gasteiger partial charge in [0.25, 0.3) is 5.56 Å². The van der Waals surface area contributed by atoms with E-state index < -0.39 is 17.6 Å². The van der Waals surface area contributed by atoms with Crippen molar-refractivity contribution in [1.82, 2.24) is 4.57 Å². The van der Waals surface area contributed by atoms with Crippen LogP contribution < -0.4 is 10.9 Å². The number of pyridine rings is 1. The molecule has 4 nitrogen and oxygen atoms in total. The predicted octanol–water partition coefficient (Wildman–Crippen LogP) is 3.47. The Kier molecular flexibility index (Phi) is 4.79. The molecule has 0 aliphatic rings. The number of anilines is 1. The highest BCUT2D eigenvalue weighted by Crippen LogP contribution is 2.33. The Labute approximate surface area is 134 Å². The Bertz CT molecular complexity index is 800. The van der Waals surface area contributed by atoms with Crippen molar-refractivity contribution < 1.29 is 18.0 Å². The van der Waals surface area contributed by atoms with Crippen molar-refractivity contribution >= 4 is 23.2 Å². The van der Waals surface area contributed by atoms with Gasteiger partial charge < -0.3 is 9.88 Å². The molecule has 0 saturated carbocycles. The van der Waals surface area contributed by atoms with Crippen molar-refractivity contribution in [2.75, 3.05) is 5.32 Å². The van der Waals surface area contributed by atoms with Gasteiger partial charge in [0.15, 0.2) is 0 Å². The molecule has 0 aliphatic carbocycles. The van der Waals surface area contributed by atoms with Crippen LogP contribution >= 0.6 is 11.6 Å². The van der Waals surface area contributed by atoms with Gasteiger partial charge in [0, 0.05) is 11.8 Å². The molecule has 1 amide bonds. The standard InChI is InChI=1S/C15H12ClF3N2O2/c1-9-3-2-6-21(14(9)23)8-13(22)20-12-7-10(15(17,18)19)4-5-11(12)16/h2-7H,8H2,1H3,(H,20,22). The molecule has 0 saturated heterocycles. The van der Waals surface area contributed by atoms with Gasteiger partial charge in [0.2, 0.25) is 5.91 Å². The molecule has 1 N–H and O–H groups in total. The van der Waals surface area contributed by atoms with Crippen LogP contribution in [0.5, 0.6) is 0 Å². The summed E-state index contributed by atoms with van der Waals surface area (Å²) in [6.07, 6.45) is -3.12. The summed E-state index contributed by atoms with van der Waals surface area (Å²) in [6, 6.07) is 5.82. The summed E-state index contributed by atoms with van der Waals surface area (Å²) in [5.74, 6) is -0.654. The van der Waals surface area contributed by atoms with Gasteiger partial charge in [-0.3, -0.25) is 9.59 Å². The first-order valence-electron chi connectivity index (χ1n) is 6.51. The molecule has 0 aliphatic heterocycles. The number of aromatic nitrogens is 1. The smallest absolute Gasteiger partial charge is 0.323 e. The van der Waals surface area contributed by atoms with Crippen LogP contribution in [0.3, 0.4) is 0 Å². The van der Waals surface area contributed by atoms with E-state index in [4.69, 9.17) is 11.6 Å². The third kappa shape index (κ3) is 4.13. The summed E-state index contributed by atoms with van der Waals surface area (Å²) in [7, 11) is 0. The molecule has 2 rings (SSSR count). The molecule has 122 valence electrons. The average Bonchev–Trinajstić information content (AvgIpc) is 2.45. The second kappa shape index (κ2) is 6.45. The number of aryl methyl sites for hydroxylation is 1. The largest absolute Gasteiger partial charge is 0.416 e. The van der Waals surface area contributed by atoms with E-state index in [1.807, 2.05) is 0 Å². The van der Waals surface area contributed by atoms with Crippen LogP contribution in [-0.4, -0.2) is 10.5 Å². The van der Waals surface area contributed by atoms with Crippen molar-refractivity contribution in [1.29, 1.82) is 0 Å². The number of hydrogen-bond donors (Lipinski definition) is 1. The van der Waals surface area contributed by atoms with Gasteiger partial charge in [-0.05, 0) is 31.2 Å². The highest BCUT2D eigenvalue weighted by Gasteiger charge is 2.31.